The van der Waals surface area contributed by atoms with E-state index in [4.69, 9.17) is 0 Å². The zero-order valence-electron chi connectivity index (χ0n) is 10.4. The summed E-state index contributed by atoms with van der Waals surface area (Å²) < 4.78 is 14.4. The first-order chi connectivity index (χ1) is 9.06. The predicted molar refractivity (Wildman–Crippen MR) is 79.1 cm³/mol. The summed E-state index contributed by atoms with van der Waals surface area (Å²) >= 11 is 4.75. The van der Waals surface area contributed by atoms with Crippen LogP contribution in [0.25, 0.3) is 0 Å². The van der Waals surface area contributed by atoms with E-state index >= 15 is 0 Å². The minimum absolute atomic E-state index is 0.0505. The minimum Gasteiger partial charge on any atom is -0.294 e. The van der Waals surface area contributed by atoms with Crippen molar-refractivity contribution in [3.63, 3.8) is 0 Å². The van der Waals surface area contributed by atoms with Crippen molar-refractivity contribution < 1.29 is 9.18 Å². The molecule has 0 fully saturated rings. The fourth-order valence-corrected chi connectivity index (χ4v) is 3.08. The van der Waals surface area contributed by atoms with E-state index in [9.17, 15) is 9.18 Å². The van der Waals surface area contributed by atoms with Crippen molar-refractivity contribution in [2.24, 2.45) is 0 Å². The van der Waals surface area contributed by atoms with E-state index in [1.807, 2.05) is 18.0 Å². The second-order valence-corrected chi connectivity index (χ2v) is 6.75. The molecule has 0 unspecified atom stereocenters. The molecular formula is C14H13BrFNOS. The highest BCUT2D eigenvalue weighted by atomic mass is 79.9. The lowest BCUT2D eigenvalue weighted by atomic mass is 10.2. The summed E-state index contributed by atoms with van der Waals surface area (Å²) in [6.45, 7) is 0.701. The van der Waals surface area contributed by atoms with Crippen LogP contribution in [0.3, 0.4) is 0 Å². The molecular weight excluding hydrogens is 329 g/mol. The number of rotatable bonds is 5. The van der Waals surface area contributed by atoms with E-state index in [2.05, 4.69) is 15.9 Å². The highest BCUT2D eigenvalue weighted by molar-refractivity contribution is 9.11. The van der Waals surface area contributed by atoms with Gasteiger partial charge in [0.1, 0.15) is 5.82 Å². The first-order valence-electron chi connectivity index (χ1n) is 5.77. The fourth-order valence-electron chi connectivity index (χ4n) is 1.76. The number of halogens is 2. The smallest absolute Gasteiger partial charge is 0.186 e. The number of Topliss-reactive ketones (excluding diaryl/α,β-unsaturated/α-hetero) is 1. The number of hydrogen-bond donors (Lipinski definition) is 0. The Labute approximate surface area is 124 Å². The molecule has 0 radical (unpaired) electrons. The maximum Gasteiger partial charge on any atom is 0.186 e. The molecule has 2 nitrogen and oxygen atoms in total. The number of benzene rings is 1. The number of nitrogens with zero attached hydrogens (tertiary/aromatic N) is 1. The van der Waals surface area contributed by atoms with Gasteiger partial charge in [-0.1, -0.05) is 18.2 Å². The lowest BCUT2D eigenvalue weighted by Crippen LogP contribution is -2.25. The van der Waals surface area contributed by atoms with Crippen molar-refractivity contribution >= 4 is 33.0 Å². The maximum atomic E-state index is 13.5. The minimum atomic E-state index is -0.235. The first kappa shape index (κ1) is 14.4. The Morgan fingerprint density at radius 1 is 1.32 bits per heavy atom. The Kier molecular flexibility index (Phi) is 4.85. The van der Waals surface area contributed by atoms with Crippen LogP contribution in [-0.4, -0.2) is 24.3 Å². The molecule has 0 spiro atoms. The monoisotopic (exact) mass is 341 g/mol. The van der Waals surface area contributed by atoms with Gasteiger partial charge in [0.05, 0.1) is 15.2 Å². The molecule has 0 amide bonds. The molecule has 100 valence electrons. The van der Waals surface area contributed by atoms with Gasteiger partial charge in [-0.15, -0.1) is 11.3 Å². The lowest BCUT2D eigenvalue weighted by Gasteiger charge is -2.15. The molecule has 19 heavy (non-hydrogen) atoms. The van der Waals surface area contributed by atoms with Crippen molar-refractivity contribution in [3.8, 4) is 0 Å². The SMILES string of the molecule is CN(CC(=O)c1ccc(Br)s1)Cc1ccccc1F. The van der Waals surface area contributed by atoms with Crippen molar-refractivity contribution in [1.82, 2.24) is 4.90 Å². The Hall–Kier alpha value is -1.04. The third-order valence-corrected chi connectivity index (χ3v) is 4.32. The molecule has 0 aliphatic carbocycles. The molecule has 0 saturated heterocycles. The van der Waals surface area contributed by atoms with Crippen LogP contribution in [0, 0.1) is 5.82 Å². The molecule has 2 aromatic rings. The van der Waals surface area contributed by atoms with E-state index in [-0.39, 0.29) is 18.1 Å². The Morgan fingerprint density at radius 3 is 2.68 bits per heavy atom. The normalized spacial score (nSPS) is 10.9. The molecule has 0 saturated carbocycles. The predicted octanol–water partition coefficient (Wildman–Crippen LogP) is 3.96. The van der Waals surface area contributed by atoms with E-state index in [1.165, 1.54) is 17.4 Å². The Morgan fingerprint density at radius 2 is 2.05 bits per heavy atom. The molecule has 0 aliphatic rings. The Balaban J connectivity index is 1.96. The summed E-state index contributed by atoms with van der Waals surface area (Å²) in [5.41, 5.74) is 0.602. The van der Waals surface area contributed by atoms with E-state index < -0.39 is 0 Å². The van der Waals surface area contributed by atoms with E-state index in [0.717, 1.165) is 3.79 Å². The van der Waals surface area contributed by atoms with Gasteiger partial charge in [0.2, 0.25) is 0 Å². The lowest BCUT2D eigenvalue weighted by molar-refractivity contribution is 0.0946. The van der Waals surface area contributed by atoms with Crippen LogP contribution >= 0.6 is 27.3 Å². The van der Waals surface area contributed by atoms with Crippen LogP contribution in [0.1, 0.15) is 15.2 Å². The van der Waals surface area contributed by atoms with Gasteiger partial charge in [0.15, 0.2) is 5.78 Å². The van der Waals surface area contributed by atoms with Crippen LogP contribution in [0.4, 0.5) is 4.39 Å². The van der Waals surface area contributed by atoms with Crippen LogP contribution in [0.5, 0.6) is 0 Å². The number of thiophene rings is 1. The van der Waals surface area contributed by atoms with Crippen LogP contribution in [-0.2, 0) is 6.54 Å². The van der Waals surface area contributed by atoms with Crippen molar-refractivity contribution in [2.75, 3.05) is 13.6 Å². The van der Waals surface area contributed by atoms with Crippen molar-refractivity contribution in [2.45, 2.75) is 6.54 Å². The third-order valence-electron chi connectivity index (χ3n) is 2.66. The largest absolute Gasteiger partial charge is 0.294 e. The molecule has 1 heterocycles. The second kappa shape index (κ2) is 6.41. The number of carbonyl (C=O) groups excluding carboxylic acids is 1. The van der Waals surface area contributed by atoms with Crippen LogP contribution in [0.15, 0.2) is 40.2 Å². The Bertz CT molecular complexity index is 584. The molecule has 0 bridgehead atoms. The summed E-state index contributed by atoms with van der Waals surface area (Å²) in [7, 11) is 1.81. The molecule has 0 N–H and O–H groups in total. The number of carbonyl (C=O) groups is 1. The van der Waals surface area contributed by atoms with Crippen molar-refractivity contribution in [3.05, 3.63) is 56.4 Å². The molecule has 2 rings (SSSR count). The summed E-state index contributed by atoms with van der Waals surface area (Å²) in [6, 6.07) is 10.3. The summed E-state index contributed by atoms with van der Waals surface area (Å²) in [6.07, 6.45) is 0. The molecule has 0 aliphatic heterocycles. The summed E-state index contributed by atoms with van der Waals surface area (Å²) in [5.74, 6) is -0.185. The first-order valence-corrected chi connectivity index (χ1v) is 7.37. The number of ketones is 1. The zero-order valence-corrected chi connectivity index (χ0v) is 12.8. The van der Waals surface area contributed by atoms with Gasteiger partial charge < -0.3 is 0 Å². The second-order valence-electron chi connectivity index (χ2n) is 4.29. The highest BCUT2D eigenvalue weighted by Crippen LogP contribution is 2.22. The molecule has 5 heteroatoms. The maximum absolute atomic E-state index is 13.5. The van der Waals surface area contributed by atoms with Gasteiger partial charge in [0, 0.05) is 12.1 Å². The van der Waals surface area contributed by atoms with Gasteiger partial charge in [-0.25, -0.2) is 4.39 Å². The molecule has 1 aromatic carbocycles. The average Bonchev–Trinajstić information content (AvgIpc) is 2.79. The standard InChI is InChI=1S/C14H13BrFNOS/c1-17(8-10-4-2-3-5-11(10)16)9-12(18)13-6-7-14(15)19-13/h2-7H,8-9H2,1H3. The summed E-state index contributed by atoms with van der Waals surface area (Å²) in [5, 5.41) is 0. The van der Waals surface area contributed by atoms with E-state index in [1.54, 1.807) is 24.3 Å². The fraction of sp³-hybridized carbons (Fsp3) is 0.214. The molecule has 1 aromatic heterocycles. The quantitative estimate of drug-likeness (QED) is 0.767. The van der Waals surface area contributed by atoms with E-state index in [0.29, 0.717) is 17.0 Å². The van der Waals surface area contributed by atoms with Gasteiger partial charge in [-0.3, -0.25) is 9.69 Å². The van der Waals surface area contributed by atoms with Gasteiger partial charge in [-0.05, 0) is 41.2 Å². The van der Waals surface area contributed by atoms with Gasteiger partial charge in [0.25, 0.3) is 0 Å². The van der Waals surface area contributed by atoms with Crippen LogP contribution in [0.2, 0.25) is 0 Å². The number of likely N-dealkylation sites (N-methyl/N-ethyl adjacent to an activating group) is 1. The highest BCUT2D eigenvalue weighted by Gasteiger charge is 2.12. The van der Waals surface area contributed by atoms with Gasteiger partial charge in [-0.2, -0.15) is 0 Å². The van der Waals surface area contributed by atoms with Crippen molar-refractivity contribution in [1.29, 1.82) is 0 Å². The topological polar surface area (TPSA) is 20.3 Å². The number of hydrogen-bond acceptors (Lipinski definition) is 3. The average molecular weight is 342 g/mol. The zero-order chi connectivity index (χ0) is 13.8. The third kappa shape index (κ3) is 3.96. The van der Waals surface area contributed by atoms with Crippen LogP contribution < -0.4 is 0 Å². The summed E-state index contributed by atoms with van der Waals surface area (Å²) in [4.78, 5) is 14.5. The molecule has 0 atom stereocenters. The van der Waals surface area contributed by atoms with Gasteiger partial charge >= 0.3 is 0 Å².